The van der Waals surface area contributed by atoms with Crippen molar-refractivity contribution in [2.45, 2.75) is 30.7 Å². The molecule has 6 heteroatoms. The van der Waals surface area contributed by atoms with Crippen LogP contribution in [0.1, 0.15) is 19.8 Å². The molecule has 0 aliphatic heterocycles. The van der Waals surface area contributed by atoms with Gasteiger partial charge in [-0.15, -0.1) is 11.6 Å². The molecule has 1 N–H and O–H groups in total. The third kappa shape index (κ3) is 3.51. The van der Waals surface area contributed by atoms with Crippen molar-refractivity contribution < 1.29 is 19.4 Å². The van der Waals surface area contributed by atoms with Crippen LogP contribution in [0.3, 0.4) is 0 Å². The van der Waals surface area contributed by atoms with Gasteiger partial charge in [-0.2, -0.15) is 0 Å². The number of carboxylic acids is 1. The van der Waals surface area contributed by atoms with Crippen molar-refractivity contribution in [3.05, 3.63) is 35.4 Å². The van der Waals surface area contributed by atoms with Gasteiger partial charge in [0.2, 0.25) is 0 Å². The van der Waals surface area contributed by atoms with Gasteiger partial charge in [-0.1, -0.05) is 37.3 Å². The summed E-state index contributed by atoms with van der Waals surface area (Å²) in [7, 11) is 0. The monoisotopic (exact) mass is 318 g/mol. The normalized spacial score (nSPS) is 25.1. The van der Waals surface area contributed by atoms with Crippen LogP contribution in [0.25, 0.3) is 0 Å². The maximum atomic E-state index is 12.4. The number of allylic oxidation sites excluding steroid dienone is 3. The summed E-state index contributed by atoms with van der Waals surface area (Å²) >= 11 is 12.5. The van der Waals surface area contributed by atoms with Gasteiger partial charge >= 0.3 is 5.97 Å². The summed E-state index contributed by atoms with van der Waals surface area (Å²) in [4.78, 5) is 21.3. The molecule has 0 radical (unpaired) electrons. The number of rotatable bonds is 7. The average Bonchev–Trinajstić information content (AvgIpc) is 2.41. The number of hydrogen-bond donors (Lipinski definition) is 1. The maximum Gasteiger partial charge on any atom is 0.305 e. The minimum absolute atomic E-state index is 0.0607. The lowest BCUT2D eigenvalue weighted by atomic mass is 9.87. The largest absolute Gasteiger partial charge is 0.481 e. The van der Waals surface area contributed by atoms with E-state index in [9.17, 15) is 9.59 Å². The Morgan fingerprint density at radius 2 is 2.20 bits per heavy atom. The lowest BCUT2D eigenvalue weighted by Crippen LogP contribution is -2.47. The molecule has 1 rings (SSSR count). The zero-order valence-corrected chi connectivity index (χ0v) is 12.6. The van der Waals surface area contributed by atoms with Gasteiger partial charge in [0.25, 0.3) is 0 Å². The van der Waals surface area contributed by atoms with Crippen molar-refractivity contribution in [3.63, 3.8) is 0 Å². The molecule has 0 amide bonds. The van der Waals surface area contributed by atoms with Gasteiger partial charge in [-0.05, 0) is 18.1 Å². The average molecular weight is 319 g/mol. The van der Waals surface area contributed by atoms with E-state index < -0.39 is 22.7 Å². The van der Waals surface area contributed by atoms with Gasteiger partial charge in [-0.3, -0.25) is 9.59 Å². The second-order valence-corrected chi connectivity index (χ2v) is 5.34. The van der Waals surface area contributed by atoms with Gasteiger partial charge in [0.15, 0.2) is 10.7 Å². The predicted octanol–water partition coefficient (Wildman–Crippen LogP) is 3.05. The molecule has 0 aromatic carbocycles. The lowest BCUT2D eigenvalue weighted by Gasteiger charge is -2.34. The topological polar surface area (TPSA) is 63.6 Å². The first-order chi connectivity index (χ1) is 9.33. The molecule has 0 aromatic rings. The molecule has 0 saturated heterocycles. The Labute approximate surface area is 127 Å². The SMILES string of the molecule is C=C(CC)C(=O)C1(Cl)C(Cl)=CC=CC1OCCC(=O)O. The molecule has 2 atom stereocenters. The summed E-state index contributed by atoms with van der Waals surface area (Å²) in [5.74, 6) is -1.40. The van der Waals surface area contributed by atoms with Crippen LogP contribution in [0.5, 0.6) is 0 Å². The second-order valence-electron chi connectivity index (χ2n) is 4.33. The van der Waals surface area contributed by atoms with E-state index in [2.05, 4.69) is 6.58 Å². The van der Waals surface area contributed by atoms with Crippen LogP contribution in [0.4, 0.5) is 0 Å². The van der Waals surface area contributed by atoms with E-state index in [-0.39, 0.29) is 18.1 Å². The maximum absolute atomic E-state index is 12.4. The van der Waals surface area contributed by atoms with Crippen molar-refractivity contribution in [2.24, 2.45) is 0 Å². The smallest absolute Gasteiger partial charge is 0.305 e. The van der Waals surface area contributed by atoms with Gasteiger partial charge < -0.3 is 9.84 Å². The first-order valence-electron chi connectivity index (χ1n) is 6.13. The Hall–Kier alpha value is -1.10. The lowest BCUT2D eigenvalue weighted by molar-refractivity contribution is -0.138. The molecule has 0 spiro atoms. The summed E-state index contributed by atoms with van der Waals surface area (Å²) in [6.07, 6.45) is 4.17. The Bertz CT molecular complexity index is 482. The molecular weight excluding hydrogens is 303 g/mol. The number of carboxylic acid groups (broad SMARTS) is 1. The van der Waals surface area contributed by atoms with Crippen molar-refractivity contribution in [3.8, 4) is 0 Å². The summed E-state index contributed by atoms with van der Waals surface area (Å²) in [6, 6.07) is 0. The molecule has 0 bridgehead atoms. The van der Waals surface area contributed by atoms with Crippen molar-refractivity contribution in [2.75, 3.05) is 6.61 Å². The number of aliphatic carboxylic acids is 1. The van der Waals surface area contributed by atoms with E-state index >= 15 is 0 Å². The van der Waals surface area contributed by atoms with E-state index in [1.165, 1.54) is 6.08 Å². The third-order valence-electron chi connectivity index (χ3n) is 2.96. The number of halogens is 2. The van der Waals surface area contributed by atoms with E-state index in [1.807, 2.05) is 0 Å². The number of alkyl halides is 1. The van der Waals surface area contributed by atoms with Crippen LogP contribution < -0.4 is 0 Å². The summed E-state index contributed by atoms with van der Waals surface area (Å²) in [5, 5.41) is 8.75. The predicted molar refractivity (Wildman–Crippen MR) is 78.1 cm³/mol. The number of carbonyl (C=O) groups excluding carboxylic acids is 1. The zero-order valence-electron chi connectivity index (χ0n) is 11.1. The molecule has 1 aliphatic carbocycles. The van der Waals surface area contributed by atoms with Crippen molar-refractivity contribution in [1.82, 2.24) is 0 Å². The van der Waals surface area contributed by atoms with Crippen LogP contribution in [0, 0.1) is 0 Å². The fourth-order valence-electron chi connectivity index (χ4n) is 1.73. The van der Waals surface area contributed by atoms with E-state index in [0.29, 0.717) is 12.0 Å². The number of ketones is 1. The van der Waals surface area contributed by atoms with Crippen LogP contribution >= 0.6 is 23.2 Å². The molecule has 1 aliphatic rings. The number of carbonyl (C=O) groups is 2. The first-order valence-corrected chi connectivity index (χ1v) is 6.89. The number of hydrogen-bond acceptors (Lipinski definition) is 3. The Morgan fingerprint density at radius 3 is 2.75 bits per heavy atom. The highest BCUT2D eigenvalue weighted by atomic mass is 35.5. The molecule has 20 heavy (non-hydrogen) atoms. The minimum Gasteiger partial charge on any atom is -0.481 e. The van der Waals surface area contributed by atoms with Gasteiger partial charge in [0.1, 0.15) is 6.10 Å². The van der Waals surface area contributed by atoms with Gasteiger partial charge in [0.05, 0.1) is 13.0 Å². The zero-order chi connectivity index (χ0) is 15.3. The number of Topliss-reactive ketones (excluding diaryl/α,β-unsaturated/α-hetero) is 1. The van der Waals surface area contributed by atoms with Crippen molar-refractivity contribution >= 4 is 35.0 Å². The fourth-order valence-corrected chi connectivity index (χ4v) is 2.33. The molecule has 0 aromatic heterocycles. The molecule has 0 saturated carbocycles. The van der Waals surface area contributed by atoms with Crippen molar-refractivity contribution in [1.29, 1.82) is 0 Å². The van der Waals surface area contributed by atoms with E-state index in [4.69, 9.17) is 33.0 Å². The van der Waals surface area contributed by atoms with E-state index in [0.717, 1.165) is 0 Å². The van der Waals surface area contributed by atoms with Gasteiger partial charge in [0, 0.05) is 5.03 Å². The highest BCUT2D eigenvalue weighted by Crippen LogP contribution is 2.40. The molecule has 2 unspecified atom stereocenters. The van der Waals surface area contributed by atoms with Crippen LogP contribution in [-0.2, 0) is 14.3 Å². The Morgan fingerprint density at radius 1 is 1.55 bits per heavy atom. The van der Waals surface area contributed by atoms with Crippen LogP contribution in [-0.4, -0.2) is 34.4 Å². The highest BCUT2D eigenvalue weighted by Gasteiger charge is 2.48. The molecule has 0 fully saturated rings. The molecular formula is C14H16Cl2O4. The standard InChI is InChI=1S/C14H16Cl2O4/c1-3-9(2)13(19)14(16)10(15)5-4-6-11(14)20-8-7-12(17)18/h4-6,11H,2-3,7-8H2,1H3,(H,17,18). The Balaban J connectivity index is 2.94. The highest BCUT2D eigenvalue weighted by molar-refractivity contribution is 6.49. The Kier molecular flexibility index (Phi) is 5.99. The fraction of sp³-hybridized carbons (Fsp3) is 0.429. The second kappa shape index (κ2) is 7.07. The molecule has 110 valence electrons. The summed E-state index contributed by atoms with van der Waals surface area (Å²) in [6.45, 7) is 5.41. The quantitative estimate of drug-likeness (QED) is 0.579. The first kappa shape index (κ1) is 17.0. The van der Waals surface area contributed by atoms with Crippen LogP contribution in [0.15, 0.2) is 35.4 Å². The van der Waals surface area contributed by atoms with Crippen LogP contribution in [0.2, 0.25) is 0 Å². The summed E-state index contributed by atoms with van der Waals surface area (Å²) in [5.41, 5.74) is 0.341. The van der Waals surface area contributed by atoms with Gasteiger partial charge in [-0.25, -0.2) is 0 Å². The molecule has 4 nitrogen and oxygen atoms in total. The number of ether oxygens (including phenoxy) is 1. The molecule has 0 heterocycles. The summed E-state index contributed by atoms with van der Waals surface area (Å²) < 4.78 is 5.41. The third-order valence-corrected chi connectivity index (χ3v) is 4.07. The van der Waals surface area contributed by atoms with E-state index in [1.54, 1.807) is 19.1 Å². The minimum atomic E-state index is -1.57.